The van der Waals surface area contributed by atoms with Gasteiger partial charge in [-0.3, -0.25) is 0 Å². The average Bonchev–Trinajstić information content (AvgIpc) is 2.29. The molecule has 0 fully saturated rings. The van der Waals surface area contributed by atoms with Gasteiger partial charge >= 0.3 is 0 Å². The van der Waals surface area contributed by atoms with Gasteiger partial charge in [-0.1, -0.05) is 24.4 Å². The Hall–Kier alpha value is -1.04. The Balaban J connectivity index is 2.64. The minimum Gasteiger partial charge on any atom is -0.389 e. The lowest BCUT2D eigenvalue weighted by atomic mass is 10.1. The molecule has 0 bridgehead atoms. The number of likely N-dealkylation sites (N-methyl/N-ethyl adjacent to an activating group) is 2. The SMILES string of the molecule is CN(C)CCN(C)Cc1ccc(C(N)=S)cc1F. The van der Waals surface area contributed by atoms with Crippen molar-refractivity contribution in [3.63, 3.8) is 0 Å². The maximum Gasteiger partial charge on any atom is 0.128 e. The fourth-order valence-electron chi connectivity index (χ4n) is 1.57. The summed E-state index contributed by atoms with van der Waals surface area (Å²) in [6, 6.07) is 4.91. The zero-order valence-electron chi connectivity index (χ0n) is 11.1. The Kier molecular flexibility index (Phi) is 5.65. The minimum absolute atomic E-state index is 0.224. The van der Waals surface area contributed by atoms with Crippen LogP contribution in [0.25, 0.3) is 0 Å². The Morgan fingerprint density at radius 2 is 1.94 bits per heavy atom. The van der Waals surface area contributed by atoms with E-state index in [9.17, 15) is 4.39 Å². The van der Waals surface area contributed by atoms with Crippen LogP contribution >= 0.6 is 12.2 Å². The number of rotatable bonds is 6. The Morgan fingerprint density at radius 1 is 1.28 bits per heavy atom. The van der Waals surface area contributed by atoms with Crippen molar-refractivity contribution < 1.29 is 4.39 Å². The van der Waals surface area contributed by atoms with Gasteiger partial charge in [0, 0.05) is 30.8 Å². The number of thiocarbonyl (C=S) groups is 1. The first-order chi connectivity index (χ1) is 8.40. The highest BCUT2D eigenvalue weighted by Gasteiger charge is 2.08. The second-order valence-electron chi connectivity index (χ2n) is 4.71. The number of hydrogen-bond donors (Lipinski definition) is 1. The van der Waals surface area contributed by atoms with Crippen LogP contribution in [0, 0.1) is 5.82 Å². The highest BCUT2D eigenvalue weighted by Crippen LogP contribution is 2.12. The van der Waals surface area contributed by atoms with E-state index in [1.165, 1.54) is 6.07 Å². The second kappa shape index (κ2) is 6.78. The molecule has 0 radical (unpaired) electrons. The molecule has 3 nitrogen and oxygen atoms in total. The summed E-state index contributed by atoms with van der Waals surface area (Å²) < 4.78 is 13.8. The molecule has 1 rings (SSSR count). The van der Waals surface area contributed by atoms with Crippen LogP contribution in [0.2, 0.25) is 0 Å². The van der Waals surface area contributed by atoms with Gasteiger partial charge in [-0.25, -0.2) is 4.39 Å². The minimum atomic E-state index is -0.253. The summed E-state index contributed by atoms with van der Waals surface area (Å²) in [5.74, 6) is -0.253. The zero-order valence-corrected chi connectivity index (χ0v) is 11.9. The van der Waals surface area contributed by atoms with E-state index in [1.807, 2.05) is 21.1 Å². The van der Waals surface area contributed by atoms with Crippen molar-refractivity contribution in [2.45, 2.75) is 6.54 Å². The van der Waals surface area contributed by atoms with Crippen LogP contribution in [0.5, 0.6) is 0 Å². The van der Waals surface area contributed by atoms with Crippen LogP contribution in [-0.4, -0.2) is 49.0 Å². The van der Waals surface area contributed by atoms with Crippen LogP contribution in [0.1, 0.15) is 11.1 Å². The van der Waals surface area contributed by atoms with Gasteiger partial charge in [-0.15, -0.1) is 0 Å². The van der Waals surface area contributed by atoms with Crippen molar-refractivity contribution in [3.8, 4) is 0 Å². The average molecular weight is 269 g/mol. The third-order valence-corrected chi connectivity index (χ3v) is 2.94. The number of hydrogen-bond acceptors (Lipinski definition) is 3. The molecule has 0 saturated heterocycles. The molecular formula is C13H20FN3S. The van der Waals surface area contributed by atoms with Gasteiger partial charge < -0.3 is 15.5 Å². The predicted molar refractivity (Wildman–Crippen MR) is 77.2 cm³/mol. The van der Waals surface area contributed by atoms with Gasteiger partial charge in [0.2, 0.25) is 0 Å². The molecule has 0 aliphatic carbocycles. The van der Waals surface area contributed by atoms with Gasteiger partial charge in [-0.2, -0.15) is 0 Å². The molecule has 0 atom stereocenters. The van der Waals surface area contributed by atoms with Gasteiger partial charge in [-0.05, 0) is 27.2 Å². The highest BCUT2D eigenvalue weighted by molar-refractivity contribution is 7.80. The van der Waals surface area contributed by atoms with E-state index < -0.39 is 0 Å². The standard InChI is InChI=1S/C13H20FN3S/c1-16(2)6-7-17(3)9-11-5-4-10(13(15)18)8-12(11)14/h4-5,8H,6-7,9H2,1-3H3,(H2,15,18). The van der Waals surface area contributed by atoms with Crippen molar-refractivity contribution in [2.24, 2.45) is 5.73 Å². The van der Waals surface area contributed by atoms with E-state index >= 15 is 0 Å². The first kappa shape index (κ1) is 15.0. The molecule has 0 aliphatic heterocycles. The van der Waals surface area contributed by atoms with Crippen molar-refractivity contribution in [1.82, 2.24) is 9.80 Å². The molecule has 1 aromatic carbocycles. The maximum absolute atomic E-state index is 13.8. The van der Waals surface area contributed by atoms with Crippen LogP contribution in [-0.2, 0) is 6.54 Å². The molecular weight excluding hydrogens is 249 g/mol. The summed E-state index contributed by atoms with van der Waals surface area (Å²) in [4.78, 5) is 4.41. The fourth-order valence-corrected chi connectivity index (χ4v) is 1.70. The van der Waals surface area contributed by atoms with E-state index in [2.05, 4.69) is 9.80 Å². The van der Waals surface area contributed by atoms with Crippen molar-refractivity contribution in [2.75, 3.05) is 34.2 Å². The van der Waals surface area contributed by atoms with Crippen LogP contribution in [0.4, 0.5) is 4.39 Å². The molecule has 18 heavy (non-hydrogen) atoms. The topological polar surface area (TPSA) is 32.5 Å². The van der Waals surface area contributed by atoms with E-state index in [-0.39, 0.29) is 10.8 Å². The first-order valence-corrected chi connectivity index (χ1v) is 6.22. The Labute approximate surface area is 113 Å². The van der Waals surface area contributed by atoms with Crippen molar-refractivity contribution in [1.29, 1.82) is 0 Å². The van der Waals surface area contributed by atoms with Gasteiger partial charge in [0.15, 0.2) is 0 Å². The fraction of sp³-hybridized carbons (Fsp3) is 0.462. The molecule has 100 valence electrons. The monoisotopic (exact) mass is 269 g/mol. The zero-order chi connectivity index (χ0) is 13.7. The lowest BCUT2D eigenvalue weighted by Gasteiger charge is -2.19. The molecule has 0 unspecified atom stereocenters. The summed E-state index contributed by atoms with van der Waals surface area (Å²) in [6.07, 6.45) is 0. The number of benzene rings is 1. The highest BCUT2D eigenvalue weighted by atomic mass is 32.1. The molecule has 0 spiro atoms. The van der Waals surface area contributed by atoms with Crippen molar-refractivity contribution in [3.05, 3.63) is 35.1 Å². The molecule has 1 aromatic rings. The summed E-state index contributed by atoms with van der Waals surface area (Å²) in [7, 11) is 6.02. The van der Waals surface area contributed by atoms with Gasteiger partial charge in [0.1, 0.15) is 10.8 Å². The van der Waals surface area contributed by atoms with Gasteiger partial charge in [0.25, 0.3) is 0 Å². The molecule has 0 aliphatic rings. The summed E-state index contributed by atoms with van der Waals surface area (Å²) in [5, 5.41) is 0. The summed E-state index contributed by atoms with van der Waals surface area (Å²) in [5.41, 5.74) is 6.70. The van der Waals surface area contributed by atoms with Crippen LogP contribution < -0.4 is 5.73 Å². The largest absolute Gasteiger partial charge is 0.389 e. The van der Waals surface area contributed by atoms with Crippen molar-refractivity contribution >= 4 is 17.2 Å². The maximum atomic E-state index is 13.8. The molecule has 0 saturated carbocycles. The van der Waals surface area contributed by atoms with E-state index in [4.69, 9.17) is 18.0 Å². The normalized spacial score (nSPS) is 11.2. The first-order valence-electron chi connectivity index (χ1n) is 5.81. The Bertz CT molecular complexity index is 421. The molecule has 5 heteroatoms. The van der Waals surface area contributed by atoms with Crippen LogP contribution in [0.15, 0.2) is 18.2 Å². The number of nitrogens with two attached hydrogens (primary N) is 1. The van der Waals surface area contributed by atoms with E-state index in [1.54, 1.807) is 12.1 Å². The second-order valence-corrected chi connectivity index (χ2v) is 5.15. The van der Waals surface area contributed by atoms with Gasteiger partial charge in [0.05, 0.1) is 0 Å². The lowest BCUT2D eigenvalue weighted by molar-refractivity contribution is 0.273. The third-order valence-electron chi connectivity index (χ3n) is 2.71. The summed E-state index contributed by atoms with van der Waals surface area (Å²) in [6.45, 7) is 2.42. The predicted octanol–water partition coefficient (Wildman–Crippen LogP) is 1.45. The quantitative estimate of drug-likeness (QED) is 0.792. The molecule has 2 N–H and O–H groups in total. The Morgan fingerprint density at radius 3 is 2.44 bits per heavy atom. The van der Waals surface area contributed by atoms with E-state index in [0.717, 1.165) is 13.1 Å². The van der Waals surface area contributed by atoms with E-state index in [0.29, 0.717) is 17.7 Å². The number of halogens is 1. The number of nitrogens with zero attached hydrogens (tertiary/aromatic N) is 2. The molecule has 0 amide bonds. The van der Waals surface area contributed by atoms with Crippen LogP contribution in [0.3, 0.4) is 0 Å². The molecule has 0 heterocycles. The summed E-state index contributed by atoms with van der Waals surface area (Å²) >= 11 is 4.82. The lowest BCUT2D eigenvalue weighted by Crippen LogP contribution is -2.28. The third kappa shape index (κ3) is 4.68. The smallest absolute Gasteiger partial charge is 0.128 e. The molecule has 0 aromatic heterocycles.